The van der Waals surface area contributed by atoms with Crippen LogP contribution in [0.4, 0.5) is 0 Å². The van der Waals surface area contributed by atoms with E-state index in [2.05, 4.69) is 11.2 Å². The largest absolute Gasteiger partial charge is 0.846 e. The highest BCUT2D eigenvalue weighted by molar-refractivity contribution is 8.28. The van der Waals surface area contributed by atoms with Gasteiger partial charge in [0.1, 0.15) is 0 Å². The molecule has 0 amide bonds. The lowest BCUT2D eigenvalue weighted by Crippen LogP contribution is -2.08. The Kier molecular flexibility index (Phi) is 3.04. The Hall–Kier alpha value is 0.530. The van der Waals surface area contributed by atoms with Crippen LogP contribution < -0.4 is 5.11 Å². The molecule has 0 fully saturated rings. The number of rotatable bonds is 1. The first-order chi connectivity index (χ1) is 2.27. The Morgan fingerprint density at radius 2 is 2.20 bits per heavy atom. The van der Waals surface area contributed by atoms with Crippen LogP contribution in [0.5, 0.6) is 0 Å². The molecular formula is C2H5OS2-. The van der Waals surface area contributed by atoms with Crippen molar-refractivity contribution in [3.05, 3.63) is 0 Å². The maximum absolute atomic E-state index is 9.54. The molecule has 0 saturated carbocycles. The van der Waals surface area contributed by atoms with E-state index in [1.807, 2.05) is 0 Å². The molecule has 5 heavy (non-hydrogen) atoms. The minimum absolute atomic E-state index is 0.102. The standard InChI is InChI=1S/C2H5OS2/c1-5(4)2-3/h2H2,1H3/q-1. The van der Waals surface area contributed by atoms with Crippen LogP contribution in [-0.2, 0) is 20.6 Å². The van der Waals surface area contributed by atoms with Gasteiger partial charge in [-0.25, -0.2) is 0 Å². The lowest BCUT2D eigenvalue weighted by molar-refractivity contribution is -0.338. The highest BCUT2D eigenvalue weighted by atomic mass is 32.8. The van der Waals surface area contributed by atoms with Crippen molar-refractivity contribution in [2.75, 3.05) is 12.2 Å². The second kappa shape index (κ2) is 2.75. The normalized spacial score (nSPS) is 14.8. The predicted octanol–water partition coefficient (Wildman–Crippen LogP) is -0.986. The molecule has 0 aromatic rings. The minimum atomic E-state index is -0.295. The summed E-state index contributed by atoms with van der Waals surface area (Å²) in [4.78, 5) is 0. The van der Waals surface area contributed by atoms with E-state index in [0.29, 0.717) is 0 Å². The van der Waals surface area contributed by atoms with Crippen molar-refractivity contribution in [2.24, 2.45) is 0 Å². The van der Waals surface area contributed by atoms with Crippen LogP contribution in [-0.4, -0.2) is 12.2 Å². The quantitative estimate of drug-likeness (QED) is 0.432. The van der Waals surface area contributed by atoms with Gasteiger partial charge >= 0.3 is 0 Å². The summed E-state index contributed by atoms with van der Waals surface area (Å²) in [7, 11) is -0.295. The third-order valence-corrected chi connectivity index (χ3v) is 0.787. The van der Waals surface area contributed by atoms with Crippen molar-refractivity contribution >= 4 is 20.6 Å². The third-order valence-electron chi connectivity index (χ3n) is 0.166. The molecule has 1 unspecified atom stereocenters. The van der Waals surface area contributed by atoms with Gasteiger partial charge in [0, 0.05) is 0 Å². The van der Waals surface area contributed by atoms with Crippen LogP contribution in [0, 0.1) is 0 Å². The fourth-order valence-electron chi connectivity index (χ4n) is 0. The Morgan fingerprint density at radius 1 is 2.00 bits per heavy atom. The lowest BCUT2D eigenvalue weighted by atomic mass is 11.7. The average molecular weight is 109 g/mol. The predicted molar refractivity (Wildman–Crippen MR) is 25.5 cm³/mol. The van der Waals surface area contributed by atoms with E-state index in [1.165, 1.54) is 0 Å². The average Bonchev–Trinajstić information content (AvgIpc) is 1.38. The van der Waals surface area contributed by atoms with E-state index in [-0.39, 0.29) is 15.4 Å². The van der Waals surface area contributed by atoms with E-state index in [9.17, 15) is 5.11 Å². The van der Waals surface area contributed by atoms with E-state index in [4.69, 9.17) is 0 Å². The van der Waals surface area contributed by atoms with E-state index < -0.39 is 0 Å². The monoisotopic (exact) mass is 109 g/mol. The van der Waals surface area contributed by atoms with Crippen molar-refractivity contribution in [1.29, 1.82) is 0 Å². The maximum Gasteiger partial charge on any atom is -0.0150 e. The van der Waals surface area contributed by atoms with Crippen molar-refractivity contribution in [1.82, 2.24) is 0 Å². The molecule has 0 rings (SSSR count). The fraction of sp³-hybridized carbons (Fsp3) is 1.00. The van der Waals surface area contributed by atoms with Crippen LogP contribution in [0.15, 0.2) is 0 Å². The van der Waals surface area contributed by atoms with Gasteiger partial charge in [0.15, 0.2) is 0 Å². The SMILES string of the molecule is CS(=S)C[O-]. The molecular weight excluding hydrogens is 104 g/mol. The Labute approximate surface area is 38.6 Å². The first-order valence-corrected chi connectivity index (χ1v) is 3.88. The minimum Gasteiger partial charge on any atom is -0.846 e. The second-order valence-electron chi connectivity index (χ2n) is 0.691. The molecule has 32 valence electrons. The molecule has 0 aliphatic rings. The number of hydrogen-bond acceptors (Lipinski definition) is 2. The molecule has 0 radical (unpaired) electrons. The van der Waals surface area contributed by atoms with Crippen LogP contribution in [0.2, 0.25) is 0 Å². The Bertz CT molecular complexity index is 42.9. The molecule has 1 atom stereocenters. The van der Waals surface area contributed by atoms with Crippen molar-refractivity contribution in [3.8, 4) is 0 Å². The third kappa shape index (κ3) is 4.53. The topological polar surface area (TPSA) is 23.1 Å². The summed E-state index contributed by atoms with van der Waals surface area (Å²) in [5, 5.41) is 9.54. The van der Waals surface area contributed by atoms with E-state index in [0.717, 1.165) is 0 Å². The highest BCUT2D eigenvalue weighted by Gasteiger charge is 1.59. The molecule has 0 aliphatic carbocycles. The lowest BCUT2D eigenvalue weighted by Gasteiger charge is -1.95. The summed E-state index contributed by atoms with van der Waals surface area (Å²) in [6, 6.07) is 0. The summed E-state index contributed by atoms with van der Waals surface area (Å²) >= 11 is 4.50. The maximum atomic E-state index is 9.54. The zero-order valence-electron chi connectivity index (χ0n) is 2.93. The van der Waals surface area contributed by atoms with Gasteiger partial charge in [0.05, 0.1) is 0 Å². The van der Waals surface area contributed by atoms with Gasteiger partial charge in [-0.15, -0.1) is 9.45 Å². The molecule has 0 heterocycles. The molecule has 0 bridgehead atoms. The van der Waals surface area contributed by atoms with Crippen LogP contribution in [0.3, 0.4) is 0 Å². The van der Waals surface area contributed by atoms with E-state index >= 15 is 0 Å². The van der Waals surface area contributed by atoms with Crippen LogP contribution in [0.25, 0.3) is 0 Å². The van der Waals surface area contributed by atoms with Crippen LogP contribution in [0.1, 0.15) is 0 Å². The molecule has 0 spiro atoms. The van der Waals surface area contributed by atoms with E-state index in [1.54, 1.807) is 6.26 Å². The van der Waals surface area contributed by atoms with Crippen molar-refractivity contribution < 1.29 is 5.11 Å². The van der Waals surface area contributed by atoms with Gasteiger partial charge < -0.3 is 5.11 Å². The first kappa shape index (κ1) is 5.53. The Balaban J connectivity index is 2.85. The van der Waals surface area contributed by atoms with Crippen molar-refractivity contribution in [2.45, 2.75) is 0 Å². The fourth-order valence-corrected chi connectivity index (χ4v) is 0. The van der Waals surface area contributed by atoms with Gasteiger partial charge in [0.25, 0.3) is 0 Å². The van der Waals surface area contributed by atoms with Gasteiger partial charge in [-0.1, -0.05) is 17.1 Å². The van der Waals surface area contributed by atoms with Crippen LogP contribution >= 0.6 is 0 Å². The summed E-state index contributed by atoms with van der Waals surface area (Å²) in [6.07, 6.45) is 1.75. The second-order valence-corrected chi connectivity index (χ2v) is 3.78. The highest BCUT2D eigenvalue weighted by Crippen LogP contribution is 1.58. The van der Waals surface area contributed by atoms with Crippen molar-refractivity contribution in [3.63, 3.8) is 0 Å². The van der Waals surface area contributed by atoms with Gasteiger partial charge in [0.2, 0.25) is 0 Å². The smallest absolute Gasteiger partial charge is 0.0150 e. The zero-order valence-corrected chi connectivity index (χ0v) is 4.56. The van der Waals surface area contributed by atoms with Gasteiger partial charge in [-0.3, -0.25) is 0 Å². The summed E-state index contributed by atoms with van der Waals surface area (Å²) in [5.74, 6) is -0.102. The summed E-state index contributed by atoms with van der Waals surface area (Å²) in [6.45, 7) is 0. The Morgan fingerprint density at radius 3 is 2.20 bits per heavy atom. The summed E-state index contributed by atoms with van der Waals surface area (Å²) in [5.41, 5.74) is 0. The molecule has 0 N–H and O–H groups in total. The number of hydrogen-bond donors (Lipinski definition) is 0. The molecule has 0 saturated heterocycles. The van der Waals surface area contributed by atoms with Gasteiger partial charge in [-0.05, 0) is 6.26 Å². The summed E-state index contributed by atoms with van der Waals surface area (Å²) < 4.78 is 0. The first-order valence-electron chi connectivity index (χ1n) is 1.15. The molecule has 0 aromatic carbocycles. The molecule has 0 aliphatic heterocycles. The van der Waals surface area contributed by atoms with Gasteiger partial charge in [-0.2, -0.15) is 0 Å². The molecule has 1 nitrogen and oxygen atoms in total. The molecule has 0 aromatic heterocycles. The zero-order chi connectivity index (χ0) is 4.28. The molecule has 3 heteroatoms.